The number of aromatic nitrogens is 3. The van der Waals surface area contributed by atoms with Crippen LogP contribution in [0.4, 0.5) is 5.82 Å². The summed E-state index contributed by atoms with van der Waals surface area (Å²) in [6.45, 7) is 8.71. The lowest BCUT2D eigenvalue weighted by molar-refractivity contribution is 0.475. The third kappa shape index (κ3) is 2.25. The second kappa shape index (κ2) is 4.35. The summed E-state index contributed by atoms with van der Waals surface area (Å²) < 4.78 is 1.86. The van der Waals surface area contributed by atoms with Crippen LogP contribution >= 0.6 is 0 Å². The molecule has 4 heteroatoms. The number of pyridine rings is 1. The maximum Gasteiger partial charge on any atom is 0.157 e. The largest absolute Gasteiger partial charge is 0.365 e. The van der Waals surface area contributed by atoms with Gasteiger partial charge in [-0.25, -0.2) is 4.98 Å². The lowest BCUT2D eigenvalue weighted by atomic mass is 9.95. The van der Waals surface area contributed by atoms with E-state index in [1.165, 1.54) is 5.56 Å². The average Bonchev–Trinajstić information content (AvgIpc) is 2.77. The molecule has 1 N–H and O–H groups in total. The van der Waals surface area contributed by atoms with Crippen LogP contribution in [0.15, 0.2) is 18.5 Å². The van der Waals surface area contributed by atoms with E-state index >= 15 is 0 Å². The van der Waals surface area contributed by atoms with Gasteiger partial charge in [0.25, 0.3) is 0 Å². The highest BCUT2D eigenvalue weighted by molar-refractivity contribution is 5.52. The molecule has 0 saturated carbocycles. The van der Waals surface area contributed by atoms with Gasteiger partial charge in [-0.3, -0.25) is 0 Å². The molecule has 0 aromatic carbocycles. The van der Waals surface area contributed by atoms with E-state index in [9.17, 15) is 0 Å². The van der Waals surface area contributed by atoms with Crippen LogP contribution in [0.1, 0.15) is 39.2 Å². The molecule has 17 heavy (non-hydrogen) atoms. The van der Waals surface area contributed by atoms with Crippen LogP contribution in [-0.2, 0) is 0 Å². The summed E-state index contributed by atoms with van der Waals surface area (Å²) in [5.74, 6) is 1.02. The van der Waals surface area contributed by atoms with E-state index in [0.29, 0.717) is 0 Å². The summed E-state index contributed by atoms with van der Waals surface area (Å²) in [5.41, 5.74) is 2.19. The minimum absolute atomic E-state index is 0.104. The molecule has 2 aromatic rings. The van der Waals surface area contributed by atoms with Crippen molar-refractivity contribution >= 4 is 11.5 Å². The Balaban J connectivity index is 2.44. The van der Waals surface area contributed by atoms with E-state index in [2.05, 4.69) is 49.2 Å². The van der Waals surface area contributed by atoms with E-state index in [4.69, 9.17) is 0 Å². The molecular formula is C13H20N4. The molecule has 2 heterocycles. The van der Waals surface area contributed by atoms with E-state index < -0.39 is 0 Å². The Kier molecular flexibility index (Phi) is 3.05. The van der Waals surface area contributed by atoms with Crippen molar-refractivity contribution in [3.05, 3.63) is 24.0 Å². The van der Waals surface area contributed by atoms with Crippen LogP contribution in [0.2, 0.25) is 0 Å². The van der Waals surface area contributed by atoms with Crippen LogP contribution in [0, 0.1) is 6.92 Å². The number of hydrogen-bond acceptors (Lipinski definition) is 3. The van der Waals surface area contributed by atoms with Crippen LogP contribution < -0.4 is 5.32 Å². The first-order chi connectivity index (χ1) is 8.08. The van der Waals surface area contributed by atoms with Crippen LogP contribution in [-0.4, -0.2) is 20.1 Å². The Morgan fingerprint density at radius 1 is 1.29 bits per heavy atom. The Bertz CT molecular complexity index is 511. The fourth-order valence-corrected chi connectivity index (χ4v) is 1.88. The van der Waals surface area contributed by atoms with Crippen molar-refractivity contribution in [1.82, 2.24) is 14.6 Å². The molecule has 0 spiro atoms. The highest BCUT2D eigenvalue weighted by Gasteiger charge is 2.20. The van der Waals surface area contributed by atoms with Gasteiger partial charge in [-0.2, -0.15) is 9.61 Å². The van der Waals surface area contributed by atoms with Gasteiger partial charge < -0.3 is 5.32 Å². The van der Waals surface area contributed by atoms with Gasteiger partial charge in [-0.1, -0.05) is 13.8 Å². The molecule has 0 bridgehead atoms. The number of aryl methyl sites for hydroxylation is 1. The molecule has 0 unspecified atom stereocenters. The zero-order valence-electron chi connectivity index (χ0n) is 11.0. The van der Waals surface area contributed by atoms with Gasteiger partial charge >= 0.3 is 0 Å². The Labute approximate surface area is 102 Å². The SMILES string of the molecule is CCC(C)(CC)Nc1cc(C)cc2ncnn12. The fraction of sp³-hybridized carbons (Fsp3) is 0.538. The Morgan fingerprint density at radius 3 is 2.65 bits per heavy atom. The molecular weight excluding hydrogens is 212 g/mol. The van der Waals surface area contributed by atoms with E-state index in [0.717, 1.165) is 24.3 Å². The monoisotopic (exact) mass is 232 g/mol. The van der Waals surface area contributed by atoms with Crippen LogP contribution in [0.3, 0.4) is 0 Å². The topological polar surface area (TPSA) is 42.2 Å². The van der Waals surface area contributed by atoms with E-state index in [-0.39, 0.29) is 5.54 Å². The van der Waals surface area contributed by atoms with Crippen molar-refractivity contribution in [1.29, 1.82) is 0 Å². The van der Waals surface area contributed by atoms with Gasteiger partial charge in [0.15, 0.2) is 5.65 Å². The minimum atomic E-state index is 0.104. The van der Waals surface area contributed by atoms with Gasteiger partial charge in [0.05, 0.1) is 0 Å². The Hall–Kier alpha value is -1.58. The molecule has 0 saturated heterocycles. The van der Waals surface area contributed by atoms with E-state index in [1.807, 2.05) is 10.6 Å². The molecule has 92 valence electrons. The highest BCUT2D eigenvalue weighted by atomic mass is 15.3. The van der Waals surface area contributed by atoms with Gasteiger partial charge in [0, 0.05) is 5.54 Å². The molecule has 4 nitrogen and oxygen atoms in total. The summed E-state index contributed by atoms with van der Waals surface area (Å²) in [6, 6.07) is 4.15. The van der Waals surface area contributed by atoms with Crippen molar-refractivity contribution in [2.75, 3.05) is 5.32 Å². The second-order valence-electron chi connectivity index (χ2n) is 4.84. The number of hydrogen-bond donors (Lipinski definition) is 1. The van der Waals surface area contributed by atoms with Crippen molar-refractivity contribution in [2.45, 2.75) is 46.1 Å². The first-order valence-corrected chi connectivity index (χ1v) is 6.16. The van der Waals surface area contributed by atoms with Gasteiger partial charge in [0.1, 0.15) is 12.1 Å². The fourth-order valence-electron chi connectivity index (χ4n) is 1.88. The molecule has 0 aliphatic rings. The summed E-state index contributed by atoms with van der Waals surface area (Å²) in [5, 5.41) is 7.84. The summed E-state index contributed by atoms with van der Waals surface area (Å²) in [6.07, 6.45) is 3.75. The molecule has 0 atom stereocenters. The molecule has 0 fully saturated rings. The van der Waals surface area contributed by atoms with Crippen LogP contribution in [0.5, 0.6) is 0 Å². The molecule has 0 amide bonds. The minimum Gasteiger partial charge on any atom is -0.365 e. The number of nitrogens with zero attached hydrogens (tertiary/aromatic N) is 3. The van der Waals surface area contributed by atoms with E-state index in [1.54, 1.807) is 6.33 Å². The van der Waals surface area contributed by atoms with Gasteiger partial charge in [0.2, 0.25) is 0 Å². The number of anilines is 1. The third-order valence-electron chi connectivity index (χ3n) is 3.51. The Morgan fingerprint density at radius 2 is 2.00 bits per heavy atom. The van der Waals surface area contributed by atoms with Crippen molar-refractivity contribution in [3.63, 3.8) is 0 Å². The number of fused-ring (bicyclic) bond motifs is 1. The molecule has 2 aromatic heterocycles. The van der Waals surface area contributed by atoms with Gasteiger partial charge in [-0.15, -0.1) is 0 Å². The molecule has 2 rings (SSSR count). The smallest absolute Gasteiger partial charge is 0.157 e. The highest BCUT2D eigenvalue weighted by Crippen LogP contribution is 2.22. The maximum absolute atomic E-state index is 4.26. The first-order valence-electron chi connectivity index (χ1n) is 6.16. The van der Waals surface area contributed by atoms with Crippen LogP contribution in [0.25, 0.3) is 5.65 Å². The normalized spacial score (nSPS) is 12.0. The average molecular weight is 232 g/mol. The predicted octanol–water partition coefficient (Wildman–Crippen LogP) is 3.03. The van der Waals surface area contributed by atoms with Gasteiger partial charge in [-0.05, 0) is 44.4 Å². The standard InChI is InChI=1S/C13H20N4/c1-5-13(4,6-2)16-12-8-10(3)7-11-14-9-15-17(11)12/h7-9,16H,5-6H2,1-4H3. The molecule has 0 aliphatic carbocycles. The lowest BCUT2D eigenvalue weighted by Crippen LogP contribution is -2.34. The molecule has 0 radical (unpaired) electrons. The van der Waals surface area contributed by atoms with Crippen molar-refractivity contribution in [2.24, 2.45) is 0 Å². The number of rotatable bonds is 4. The lowest BCUT2D eigenvalue weighted by Gasteiger charge is -2.29. The zero-order chi connectivity index (χ0) is 12.5. The zero-order valence-corrected chi connectivity index (χ0v) is 11.0. The summed E-state index contributed by atoms with van der Waals surface area (Å²) in [4.78, 5) is 4.23. The maximum atomic E-state index is 4.26. The quantitative estimate of drug-likeness (QED) is 0.881. The van der Waals surface area contributed by atoms with Crippen molar-refractivity contribution in [3.8, 4) is 0 Å². The second-order valence-corrected chi connectivity index (χ2v) is 4.84. The predicted molar refractivity (Wildman–Crippen MR) is 70.3 cm³/mol. The third-order valence-corrected chi connectivity index (χ3v) is 3.51. The van der Waals surface area contributed by atoms with Crippen molar-refractivity contribution < 1.29 is 0 Å². The molecule has 0 aliphatic heterocycles. The summed E-state index contributed by atoms with van der Waals surface area (Å²) in [7, 11) is 0. The summed E-state index contributed by atoms with van der Waals surface area (Å²) >= 11 is 0. The number of nitrogens with one attached hydrogen (secondary N) is 1. The first kappa shape index (κ1) is 11.9.